The van der Waals surface area contributed by atoms with E-state index in [0.717, 1.165) is 29.5 Å². The lowest BCUT2D eigenvalue weighted by atomic mass is 9.83. The van der Waals surface area contributed by atoms with E-state index < -0.39 is 5.76 Å². The number of nitrogens with zero attached hydrogens (tertiary/aromatic N) is 6. The van der Waals surface area contributed by atoms with E-state index in [2.05, 4.69) is 33.1 Å². The molecule has 2 aliphatic rings. The fraction of sp³-hybridized carbons (Fsp3) is 0.444. The number of hydrogen-bond donors (Lipinski definition) is 1. The molecule has 2 fully saturated rings. The molecule has 1 atom stereocenters. The van der Waals surface area contributed by atoms with Crippen LogP contribution in [-0.2, 0) is 11.3 Å². The van der Waals surface area contributed by atoms with Gasteiger partial charge in [-0.15, -0.1) is 6.58 Å². The summed E-state index contributed by atoms with van der Waals surface area (Å²) in [6.07, 6.45) is 6.68. The fourth-order valence-corrected chi connectivity index (χ4v) is 5.71. The largest absolute Gasteiger partial charge is 0.439 e. The zero-order valence-corrected chi connectivity index (χ0v) is 22.0. The molecule has 0 bridgehead atoms. The van der Waals surface area contributed by atoms with E-state index in [1.54, 1.807) is 0 Å². The lowest BCUT2D eigenvalue weighted by Gasteiger charge is -2.35. The minimum Gasteiger partial charge on any atom is -0.377 e. The maximum absolute atomic E-state index is 11.7. The monoisotopic (exact) mass is 535 g/mol. The van der Waals surface area contributed by atoms with Gasteiger partial charge in [-0.2, -0.15) is 4.98 Å². The van der Waals surface area contributed by atoms with E-state index >= 15 is 0 Å². The number of aromatic amines is 1. The number of ether oxygens (including phenoxy) is 1. The summed E-state index contributed by atoms with van der Waals surface area (Å²) in [5.41, 5.74) is 2.83. The van der Waals surface area contributed by atoms with E-state index in [1.165, 1.54) is 25.7 Å². The Morgan fingerprint density at radius 2 is 2.05 bits per heavy atom. The van der Waals surface area contributed by atoms with Crippen LogP contribution in [0.25, 0.3) is 34.1 Å². The number of nitrogens with one attached hydrogen (secondary N) is 1. The molecule has 1 unspecified atom stereocenters. The van der Waals surface area contributed by atoms with Gasteiger partial charge in [0.1, 0.15) is 11.2 Å². The van der Waals surface area contributed by atoms with Crippen LogP contribution in [0.5, 0.6) is 0 Å². The third kappa shape index (κ3) is 4.74. The Hall–Kier alpha value is -3.50. The van der Waals surface area contributed by atoms with Crippen molar-refractivity contribution in [3.63, 3.8) is 0 Å². The smallest absolute Gasteiger partial charge is 0.377 e. The number of H-pyrrole nitrogens is 1. The van der Waals surface area contributed by atoms with Gasteiger partial charge in [-0.25, -0.2) is 14.8 Å². The summed E-state index contributed by atoms with van der Waals surface area (Å²) in [5, 5.41) is 4.42. The fourth-order valence-electron chi connectivity index (χ4n) is 5.52. The van der Waals surface area contributed by atoms with Gasteiger partial charge < -0.3 is 14.2 Å². The van der Waals surface area contributed by atoms with E-state index in [1.807, 2.05) is 30.3 Å². The average Bonchev–Trinajstić information content (AvgIpc) is 3.53. The summed E-state index contributed by atoms with van der Waals surface area (Å²) in [7, 11) is 0. The van der Waals surface area contributed by atoms with Gasteiger partial charge in [0.15, 0.2) is 5.65 Å². The second-order valence-corrected chi connectivity index (χ2v) is 10.7. The predicted molar refractivity (Wildman–Crippen MR) is 145 cm³/mol. The number of imidazole rings is 1. The van der Waals surface area contributed by atoms with Crippen LogP contribution in [0, 0.1) is 11.8 Å². The Kier molecular flexibility index (Phi) is 6.75. The summed E-state index contributed by atoms with van der Waals surface area (Å²) in [6, 6.07) is 7.54. The molecule has 1 N–H and O–H groups in total. The lowest BCUT2D eigenvalue weighted by molar-refractivity contribution is 0.105. The van der Waals surface area contributed by atoms with Crippen LogP contribution in [0.15, 0.2) is 46.2 Å². The van der Waals surface area contributed by atoms with Gasteiger partial charge in [0, 0.05) is 23.7 Å². The molecule has 1 saturated heterocycles. The molecule has 3 aromatic heterocycles. The normalized spacial score (nSPS) is 22.2. The van der Waals surface area contributed by atoms with Crippen molar-refractivity contribution in [1.82, 2.24) is 29.7 Å². The highest BCUT2D eigenvalue weighted by atomic mass is 35.5. The molecule has 0 amide bonds. The van der Waals surface area contributed by atoms with E-state index in [4.69, 9.17) is 35.8 Å². The number of aromatic nitrogens is 6. The molecule has 0 radical (unpaired) electrons. The molecule has 10 nitrogen and oxygen atoms in total. The second-order valence-electron chi connectivity index (χ2n) is 10.2. The van der Waals surface area contributed by atoms with E-state index in [0.29, 0.717) is 42.0 Å². The molecule has 1 aromatic carbocycles. The van der Waals surface area contributed by atoms with Crippen molar-refractivity contribution in [3.05, 3.63) is 52.5 Å². The molecule has 0 spiro atoms. The van der Waals surface area contributed by atoms with Crippen molar-refractivity contribution in [3.8, 4) is 22.9 Å². The van der Waals surface area contributed by atoms with Gasteiger partial charge >= 0.3 is 5.76 Å². The average molecular weight is 536 g/mol. The highest BCUT2D eigenvalue weighted by Crippen LogP contribution is 2.37. The van der Waals surface area contributed by atoms with Crippen molar-refractivity contribution in [2.75, 3.05) is 24.7 Å². The molecule has 1 aliphatic carbocycles. The first-order chi connectivity index (χ1) is 18.5. The van der Waals surface area contributed by atoms with Gasteiger partial charge in [-0.1, -0.05) is 54.7 Å². The Labute approximate surface area is 224 Å². The van der Waals surface area contributed by atoms with E-state index in [-0.39, 0.29) is 17.7 Å². The molecule has 1 saturated carbocycles. The van der Waals surface area contributed by atoms with Gasteiger partial charge in [-0.3, -0.25) is 9.51 Å². The maximum atomic E-state index is 11.7. The minimum atomic E-state index is -0.673. The number of fused-ring (bicyclic) bond motifs is 1. The molecule has 198 valence electrons. The van der Waals surface area contributed by atoms with Crippen molar-refractivity contribution >= 4 is 28.7 Å². The Balaban J connectivity index is 1.58. The van der Waals surface area contributed by atoms with Gasteiger partial charge in [0.25, 0.3) is 0 Å². The van der Waals surface area contributed by atoms with Crippen LogP contribution in [0.3, 0.4) is 0 Å². The number of benzene rings is 1. The Morgan fingerprint density at radius 3 is 2.79 bits per heavy atom. The first-order valence-corrected chi connectivity index (χ1v) is 13.5. The number of morpholine rings is 1. The zero-order valence-electron chi connectivity index (χ0n) is 21.3. The maximum Gasteiger partial charge on any atom is 0.439 e. The number of halogens is 1. The molecule has 6 rings (SSSR count). The minimum absolute atomic E-state index is 0.0142. The summed E-state index contributed by atoms with van der Waals surface area (Å²) >= 11 is 6.41. The van der Waals surface area contributed by atoms with Crippen LogP contribution < -0.4 is 10.7 Å². The summed E-state index contributed by atoms with van der Waals surface area (Å²) in [4.78, 5) is 31.2. The highest BCUT2D eigenvalue weighted by Gasteiger charge is 2.30. The van der Waals surface area contributed by atoms with Crippen molar-refractivity contribution < 1.29 is 9.26 Å². The molecule has 38 heavy (non-hydrogen) atoms. The van der Waals surface area contributed by atoms with Crippen LogP contribution in [0.1, 0.15) is 32.6 Å². The van der Waals surface area contributed by atoms with Crippen LogP contribution >= 0.6 is 11.6 Å². The van der Waals surface area contributed by atoms with Crippen LogP contribution in [0.4, 0.5) is 5.95 Å². The number of anilines is 1. The summed E-state index contributed by atoms with van der Waals surface area (Å²) in [5.74, 6) is 1.79. The quantitative estimate of drug-likeness (QED) is 0.353. The van der Waals surface area contributed by atoms with Crippen molar-refractivity contribution in [2.45, 2.75) is 45.2 Å². The Morgan fingerprint density at radius 1 is 1.21 bits per heavy atom. The third-order valence-electron chi connectivity index (χ3n) is 7.60. The summed E-state index contributed by atoms with van der Waals surface area (Å²) in [6.45, 7) is 9.02. The van der Waals surface area contributed by atoms with Crippen LogP contribution in [-0.4, -0.2) is 55.5 Å². The molecular formula is C27H30ClN7O3. The highest BCUT2D eigenvalue weighted by molar-refractivity contribution is 6.30. The van der Waals surface area contributed by atoms with Crippen molar-refractivity contribution in [2.24, 2.45) is 11.8 Å². The third-order valence-corrected chi connectivity index (χ3v) is 7.84. The first kappa shape index (κ1) is 24.8. The molecule has 1 aliphatic heterocycles. The van der Waals surface area contributed by atoms with E-state index in [9.17, 15) is 4.79 Å². The SMILES string of the molecule is C=CC1COCCN1c1nc2nc(-c3noc(=O)[nH]3)nc(-c3cccc(Cl)c3)c2n1CC1CCC(C)CC1. The second kappa shape index (κ2) is 10.3. The van der Waals surface area contributed by atoms with Gasteiger partial charge in [0.2, 0.25) is 17.6 Å². The molecular weight excluding hydrogens is 506 g/mol. The van der Waals surface area contributed by atoms with Gasteiger partial charge in [0.05, 0.1) is 19.3 Å². The standard InChI is InChI=1S/C27H30ClN7O3/c1-3-20-15-37-12-11-34(20)26-31-23-22(35(26)14-17-9-7-16(2)8-10-17)21(18-5-4-6-19(28)13-18)29-24(30-23)25-32-27(36)38-33-25/h3-6,13,16-17,20H,1,7-12,14-15H2,2H3,(H,32,33,36). The first-order valence-electron chi connectivity index (χ1n) is 13.1. The lowest BCUT2D eigenvalue weighted by Crippen LogP contribution is -2.45. The van der Waals surface area contributed by atoms with Gasteiger partial charge in [-0.05, 0) is 36.8 Å². The van der Waals surface area contributed by atoms with Crippen molar-refractivity contribution in [1.29, 1.82) is 0 Å². The molecule has 4 heterocycles. The summed E-state index contributed by atoms with van der Waals surface area (Å²) < 4.78 is 12.7. The number of hydrogen-bond acceptors (Lipinski definition) is 8. The number of rotatable bonds is 6. The van der Waals surface area contributed by atoms with Crippen LogP contribution in [0.2, 0.25) is 5.02 Å². The topological polar surface area (TPSA) is 115 Å². The zero-order chi connectivity index (χ0) is 26.2. The molecule has 4 aromatic rings. The Bertz CT molecular complexity index is 1520. The molecule has 11 heteroatoms. The predicted octanol–water partition coefficient (Wildman–Crippen LogP) is 4.71.